The second-order valence-electron chi connectivity index (χ2n) is 6.37. The standard InChI is InChI=1S/C23H21BrN2O3/c1-2-16-3-13-21(14-4-16)29-15-22(27)25-19-9-11-20(12-10-19)26-23(28)17-5-7-18(24)8-6-17/h3-14H,2,15H2,1H3,(H,25,27)(H,26,28). The molecule has 0 saturated heterocycles. The summed E-state index contributed by atoms with van der Waals surface area (Å²) in [4.78, 5) is 24.3. The Morgan fingerprint density at radius 1 is 0.828 bits per heavy atom. The van der Waals surface area contributed by atoms with Gasteiger partial charge >= 0.3 is 0 Å². The van der Waals surface area contributed by atoms with Crippen molar-refractivity contribution in [2.24, 2.45) is 0 Å². The molecule has 0 aliphatic carbocycles. The maximum atomic E-state index is 12.2. The van der Waals surface area contributed by atoms with E-state index in [1.165, 1.54) is 5.56 Å². The van der Waals surface area contributed by atoms with Crippen molar-refractivity contribution in [3.8, 4) is 5.75 Å². The van der Waals surface area contributed by atoms with E-state index in [-0.39, 0.29) is 18.4 Å². The van der Waals surface area contributed by atoms with Gasteiger partial charge in [-0.05, 0) is 72.6 Å². The van der Waals surface area contributed by atoms with E-state index >= 15 is 0 Å². The van der Waals surface area contributed by atoms with Crippen LogP contribution < -0.4 is 15.4 Å². The van der Waals surface area contributed by atoms with Gasteiger partial charge in [-0.3, -0.25) is 9.59 Å². The first-order valence-corrected chi connectivity index (χ1v) is 10.0. The van der Waals surface area contributed by atoms with Crippen LogP contribution in [0.15, 0.2) is 77.3 Å². The molecule has 0 fully saturated rings. The van der Waals surface area contributed by atoms with Crippen LogP contribution in [-0.2, 0) is 11.2 Å². The first-order valence-electron chi connectivity index (χ1n) is 9.22. The molecule has 2 amide bonds. The van der Waals surface area contributed by atoms with E-state index in [4.69, 9.17) is 4.74 Å². The Hall–Kier alpha value is -3.12. The number of ether oxygens (including phenoxy) is 1. The highest BCUT2D eigenvalue weighted by molar-refractivity contribution is 9.10. The third kappa shape index (κ3) is 6.19. The number of carbonyl (C=O) groups is 2. The smallest absolute Gasteiger partial charge is 0.262 e. The van der Waals surface area contributed by atoms with Crippen molar-refractivity contribution < 1.29 is 14.3 Å². The van der Waals surface area contributed by atoms with Gasteiger partial charge in [0.25, 0.3) is 11.8 Å². The lowest BCUT2D eigenvalue weighted by Crippen LogP contribution is -2.20. The van der Waals surface area contributed by atoms with Gasteiger partial charge in [0.1, 0.15) is 5.75 Å². The zero-order chi connectivity index (χ0) is 20.6. The fraction of sp³-hybridized carbons (Fsp3) is 0.130. The second kappa shape index (κ2) is 9.89. The number of halogens is 1. The molecule has 0 unspecified atom stereocenters. The summed E-state index contributed by atoms with van der Waals surface area (Å²) >= 11 is 3.34. The van der Waals surface area contributed by atoms with Crippen molar-refractivity contribution in [2.75, 3.05) is 17.2 Å². The number of hydrogen-bond donors (Lipinski definition) is 2. The monoisotopic (exact) mass is 452 g/mol. The summed E-state index contributed by atoms with van der Waals surface area (Å²) in [5.74, 6) is 0.205. The fourth-order valence-electron chi connectivity index (χ4n) is 2.61. The lowest BCUT2D eigenvalue weighted by molar-refractivity contribution is -0.118. The zero-order valence-corrected chi connectivity index (χ0v) is 17.5. The molecule has 6 heteroatoms. The highest BCUT2D eigenvalue weighted by Gasteiger charge is 2.07. The lowest BCUT2D eigenvalue weighted by Gasteiger charge is -2.09. The van der Waals surface area contributed by atoms with E-state index in [9.17, 15) is 9.59 Å². The van der Waals surface area contributed by atoms with Gasteiger partial charge in [0.15, 0.2) is 6.61 Å². The molecule has 0 aliphatic rings. The summed E-state index contributed by atoms with van der Waals surface area (Å²) in [5.41, 5.74) is 3.05. The summed E-state index contributed by atoms with van der Waals surface area (Å²) < 4.78 is 6.41. The SMILES string of the molecule is CCc1ccc(OCC(=O)Nc2ccc(NC(=O)c3ccc(Br)cc3)cc2)cc1. The zero-order valence-electron chi connectivity index (χ0n) is 15.9. The van der Waals surface area contributed by atoms with E-state index < -0.39 is 0 Å². The minimum Gasteiger partial charge on any atom is -0.484 e. The normalized spacial score (nSPS) is 10.3. The van der Waals surface area contributed by atoms with Crippen molar-refractivity contribution in [3.63, 3.8) is 0 Å². The number of nitrogens with one attached hydrogen (secondary N) is 2. The molecule has 29 heavy (non-hydrogen) atoms. The molecule has 0 aliphatic heterocycles. The van der Waals surface area contributed by atoms with Crippen molar-refractivity contribution in [1.29, 1.82) is 0 Å². The summed E-state index contributed by atoms with van der Waals surface area (Å²) in [6, 6.07) is 21.7. The Kier molecular flexibility index (Phi) is 7.03. The molecule has 0 atom stereocenters. The van der Waals surface area contributed by atoms with Crippen LogP contribution in [0.25, 0.3) is 0 Å². The first kappa shape index (κ1) is 20.6. The Labute approximate surface area is 178 Å². The molecule has 3 aromatic carbocycles. The van der Waals surface area contributed by atoms with Crippen molar-refractivity contribution >= 4 is 39.1 Å². The third-order valence-electron chi connectivity index (χ3n) is 4.23. The minimum absolute atomic E-state index is 0.0759. The maximum absolute atomic E-state index is 12.2. The van der Waals surface area contributed by atoms with E-state index in [0.29, 0.717) is 22.7 Å². The van der Waals surface area contributed by atoms with Crippen LogP contribution >= 0.6 is 15.9 Å². The second-order valence-corrected chi connectivity index (χ2v) is 7.29. The molecule has 0 aromatic heterocycles. The number of carbonyl (C=O) groups excluding carboxylic acids is 2. The van der Waals surface area contributed by atoms with Gasteiger partial charge in [0, 0.05) is 21.4 Å². The van der Waals surface area contributed by atoms with E-state index in [0.717, 1.165) is 10.9 Å². The largest absolute Gasteiger partial charge is 0.484 e. The minimum atomic E-state index is -0.254. The first-order chi connectivity index (χ1) is 14.0. The van der Waals surface area contributed by atoms with Gasteiger partial charge in [-0.2, -0.15) is 0 Å². The molecule has 3 rings (SSSR count). The summed E-state index contributed by atoms with van der Waals surface area (Å²) in [5, 5.41) is 5.59. The third-order valence-corrected chi connectivity index (χ3v) is 4.76. The average Bonchev–Trinajstić information content (AvgIpc) is 2.74. The van der Waals surface area contributed by atoms with Crippen molar-refractivity contribution in [3.05, 3.63) is 88.4 Å². The van der Waals surface area contributed by atoms with Gasteiger partial charge in [0.05, 0.1) is 0 Å². The number of rotatable bonds is 7. The molecular weight excluding hydrogens is 432 g/mol. The van der Waals surface area contributed by atoms with Crippen LogP contribution in [0.4, 0.5) is 11.4 Å². The quantitative estimate of drug-likeness (QED) is 0.512. The van der Waals surface area contributed by atoms with Crippen LogP contribution in [0.3, 0.4) is 0 Å². The van der Waals surface area contributed by atoms with E-state index in [2.05, 4.69) is 33.5 Å². The Balaban J connectivity index is 1.49. The van der Waals surface area contributed by atoms with Crippen LogP contribution in [0.1, 0.15) is 22.8 Å². The maximum Gasteiger partial charge on any atom is 0.262 e. The molecule has 0 heterocycles. The number of aryl methyl sites for hydroxylation is 1. The Morgan fingerprint density at radius 2 is 1.41 bits per heavy atom. The number of benzene rings is 3. The molecular formula is C23H21BrN2O3. The Morgan fingerprint density at radius 3 is 2.00 bits per heavy atom. The Bertz CT molecular complexity index is 969. The van der Waals surface area contributed by atoms with Gasteiger partial charge in [0.2, 0.25) is 0 Å². The summed E-state index contributed by atoms with van der Waals surface area (Å²) in [6.07, 6.45) is 0.959. The summed E-state index contributed by atoms with van der Waals surface area (Å²) in [7, 11) is 0. The van der Waals surface area contributed by atoms with Gasteiger partial charge in [-0.25, -0.2) is 0 Å². The molecule has 2 N–H and O–H groups in total. The predicted octanol–water partition coefficient (Wildman–Crippen LogP) is 5.28. The van der Waals surface area contributed by atoms with Crippen LogP contribution in [0.2, 0.25) is 0 Å². The van der Waals surface area contributed by atoms with E-state index in [1.807, 2.05) is 36.4 Å². The lowest BCUT2D eigenvalue weighted by atomic mass is 10.2. The molecule has 3 aromatic rings. The molecule has 5 nitrogen and oxygen atoms in total. The van der Waals surface area contributed by atoms with Crippen LogP contribution in [-0.4, -0.2) is 18.4 Å². The van der Waals surface area contributed by atoms with Crippen molar-refractivity contribution in [1.82, 2.24) is 0 Å². The number of hydrogen-bond acceptors (Lipinski definition) is 3. The molecule has 0 saturated carbocycles. The van der Waals surface area contributed by atoms with E-state index in [1.54, 1.807) is 36.4 Å². The number of amides is 2. The molecule has 148 valence electrons. The molecule has 0 radical (unpaired) electrons. The topological polar surface area (TPSA) is 67.4 Å². The van der Waals surface area contributed by atoms with Gasteiger partial charge < -0.3 is 15.4 Å². The van der Waals surface area contributed by atoms with Crippen LogP contribution in [0.5, 0.6) is 5.75 Å². The van der Waals surface area contributed by atoms with Gasteiger partial charge in [-0.15, -0.1) is 0 Å². The molecule has 0 bridgehead atoms. The predicted molar refractivity (Wildman–Crippen MR) is 118 cm³/mol. The highest BCUT2D eigenvalue weighted by Crippen LogP contribution is 2.17. The summed E-state index contributed by atoms with van der Waals surface area (Å²) in [6.45, 7) is 2.01. The highest BCUT2D eigenvalue weighted by atomic mass is 79.9. The number of anilines is 2. The van der Waals surface area contributed by atoms with Crippen molar-refractivity contribution in [2.45, 2.75) is 13.3 Å². The molecule has 0 spiro atoms. The van der Waals surface area contributed by atoms with Gasteiger partial charge in [-0.1, -0.05) is 35.0 Å². The van der Waals surface area contributed by atoms with Crippen LogP contribution in [0, 0.1) is 0 Å². The average molecular weight is 453 g/mol. The fourth-order valence-corrected chi connectivity index (χ4v) is 2.87.